The Labute approximate surface area is 134 Å². The molecule has 0 bridgehead atoms. The lowest BCUT2D eigenvalue weighted by Gasteiger charge is -2.21. The Bertz CT molecular complexity index is 593. The van der Waals surface area contributed by atoms with Gasteiger partial charge in [0.2, 0.25) is 0 Å². The topological polar surface area (TPSA) is 35.2 Å². The Kier molecular flexibility index (Phi) is 5.76. The van der Waals surface area contributed by atoms with Crippen LogP contribution in [-0.2, 0) is 11.3 Å². The highest BCUT2D eigenvalue weighted by molar-refractivity contribution is 5.37. The van der Waals surface area contributed by atoms with Gasteiger partial charge < -0.3 is 10.5 Å². The first-order valence-electron chi connectivity index (χ1n) is 7.93. The molecule has 0 amide bonds. The number of rotatable bonds is 6. The van der Waals surface area contributed by atoms with Crippen molar-refractivity contribution in [3.05, 3.63) is 69.8 Å². The molecule has 0 saturated carbocycles. The van der Waals surface area contributed by atoms with Crippen LogP contribution in [0.5, 0.6) is 0 Å². The second kappa shape index (κ2) is 7.57. The van der Waals surface area contributed by atoms with Crippen LogP contribution < -0.4 is 5.73 Å². The van der Waals surface area contributed by atoms with Gasteiger partial charge in [0.25, 0.3) is 0 Å². The fourth-order valence-electron chi connectivity index (χ4n) is 3.12. The third kappa shape index (κ3) is 3.76. The Morgan fingerprint density at radius 1 is 0.864 bits per heavy atom. The number of hydrogen-bond acceptors (Lipinski definition) is 2. The van der Waals surface area contributed by atoms with E-state index in [1.54, 1.807) is 0 Å². The summed E-state index contributed by atoms with van der Waals surface area (Å²) in [4.78, 5) is 0. The molecule has 2 nitrogen and oxygen atoms in total. The average Bonchev–Trinajstić information content (AvgIpc) is 2.48. The van der Waals surface area contributed by atoms with Crippen molar-refractivity contribution >= 4 is 0 Å². The highest BCUT2D eigenvalue weighted by atomic mass is 16.5. The van der Waals surface area contributed by atoms with E-state index < -0.39 is 0 Å². The van der Waals surface area contributed by atoms with E-state index in [4.69, 9.17) is 10.5 Å². The van der Waals surface area contributed by atoms with Crippen molar-refractivity contribution in [1.29, 1.82) is 0 Å². The summed E-state index contributed by atoms with van der Waals surface area (Å²) in [5.74, 6) is 0.255. The zero-order chi connectivity index (χ0) is 16.1. The van der Waals surface area contributed by atoms with Gasteiger partial charge in [-0.25, -0.2) is 0 Å². The normalized spacial score (nSPS) is 12.4. The molecule has 0 aromatic heterocycles. The molecule has 0 aliphatic heterocycles. The number of nitrogens with two attached hydrogens (primary N) is 1. The van der Waals surface area contributed by atoms with Crippen molar-refractivity contribution in [2.75, 3.05) is 13.2 Å². The van der Waals surface area contributed by atoms with Crippen LogP contribution in [0.1, 0.15) is 39.3 Å². The Morgan fingerprint density at radius 3 is 1.86 bits per heavy atom. The fraction of sp³-hybridized carbons (Fsp3) is 0.400. The largest absolute Gasteiger partial charge is 0.376 e. The van der Waals surface area contributed by atoms with Gasteiger partial charge >= 0.3 is 0 Å². The molecule has 118 valence electrons. The first-order chi connectivity index (χ1) is 10.5. The van der Waals surface area contributed by atoms with Gasteiger partial charge in [-0.1, -0.05) is 36.4 Å². The molecule has 1 unspecified atom stereocenters. The van der Waals surface area contributed by atoms with E-state index >= 15 is 0 Å². The Balaban J connectivity index is 2.06. The first kappa shape index (κ1) is 16.7. The summed E-state index contributed by atoms with van der Waals surface area (Å²) < 4.78 is 6.02. The molecule has 0 aliphatic carbocycles. The zero-order valence-corrected chi connectivity index (χ0v) is 14.1. The van der Waals surface area contributed by atoms with Crippen LogP contribution in [0.15, 0.2) is 36.4 Å². The van der Waals surface area contributed by atoms with Crippen LogP contribution in [0, 0.1) is 27.7 Å². The van der Waals surface area contributed by atoms with Crippen molar-refractivity contribution in [3.8, 4) is 0 Å². The van der Waals surface area contributed by atoms with Crippen molar-refractivity contribution in [2.24, 2.45) is 5.73 Å². The van der Waals surface area contributed by atoms with Gasteiger partial charge in [0.15, 0.2) is 0 Å². The summed E-state index contributed by atoms with van der Waals surface area (Å²) in [5, 5.41) is 0. The van der Waals surface area contributed by atoms with Crippen molar-refractivity contribution < 1.29 is 4.74 Å². The van der Waals surface area contributed by atoms with Crippen LogP contribution >= 0.6 is 0 Å². The summed E-state index contributed by atoms with van der Waals surface area (Å²) in [6.07, 6.45) is 0. The summed E-state index contributed by atoms with van der Waals surface area (Å²) in [6, 6.07) is 12.8. The van der Waals surface area contributed by atoms with Gasteiger partial charge in [0.05, 0.1) is 13.2 Å². The smallest absolute Gasteiger partial charge is 0.0722 e. The predicted molar refractivity (Wildman–Crippen MR) is 93.3 cm³/mol. The maximum atomic E-state index is 6.02. The van der Waals surface area contributed by atoms with Gasteiger partial charge in [0.1, 0.15) is 0 Å². The zero-order valence-electron chi connectivity index (χ0n) is 14.1. The van der Waals surface area contributed by atoms with E-state index in [0.717, 1.165) is 0 Å². The van der Waals surface area contributed by atoms with Gasteiger partial charge in [-0.3, -0.25) is 0 Å². The minimum absolute atomic E-state index is 0.255. The molecule has 0 aliphatic rings. The third-order valence-corrected chi connectivity index (χ3v) is 4.44. The first-order valence-corrected chi connectivity index (χ1v) is 7.93. The van der Waals surface area contributed by atoms with Crippen LogP contribution in [0.2, 0.25) is 0 Å². The van der Waals surface area contributed by atoms with E-state index in [0.29, 0.717) is 19.8 Å². The Hall–Kier alpha value is -1.64. The number of hydrogen-bond donors (Lipinski definition) is 1. The highest BCUT2D eigenvalue weighted by Crippen LogP contribution is 2.24. The highest BCUT2D eigenvalue weighted by Gasteiger charge is 2.15. The molecule has 2 rings (SSSR count). The molecule has 0 saturated heterocycles. The molecular formula is C20H27NO. The molecule has 2 heteroatoms. The maximum absolute atomic E-state index is 6.02. The quantitative estimate of drug-likeness (QED) is 0.868. The summed E-state index contributed by atoms with van der Waals surface area (Å²) in [6.45, 7) is 10.5. The van der Waals surface area contributed by atoms with E-state index in [-0.39, 0.29) is 5.92 Å². The third-order valence-electron chi connectivity index (χ3n) is 4.44. The summed E-state index contributed by atoms with van der Waals surface area (Å²) >= 11 is 0. The molecule has 0 spiro atoms. The van der Waals surface area contributed by atoms with Crippen LogP contribution in [0.4, 0.5) is 0 Å². The van der Waals surface area contributed by atoms with Crippen LogP contribution in [0.3, 0.4) is 0 Å². The van der Waals surface area contributed by atoms with Crippen LogP contribution in [-0.4, -0.2) is 13.2 Å². The molecule has 2 N–H and O–H groups in total. The van der Waals surface area contributed by atoms with Gasteiger partial charge in [-0.15, -0.1) is 0 Å². The van der Waals surface area contributed by atoms with Crippen molar-refractivity contribution in [2.45, 2.75) is 40.2 Å². The molecule has 2 aromatic carbocycles. The lowest BCUT2D eigenvalue weighted by molar-refractivity contribution is 0.107. The van der Waals surface area contributed by atoms with Gasteiger partial charge in [0, 0.05) is 12.5 Å². The number of benzene rings is 2. The minimum Gasteiger partial charge on any atom is -0.376 e. The molecule has 2 aromatic rings. The van der Waals surface area contributed by atoms with Gasteiger partial charge in [-0.2, -0.15) is 0 Å². The molecule has 1 atom stereocenters. The second-order valence-electron chi connectivity index (χ2n) is 6.12. The van der Waals surface area contributed by atoms with E-state index in [1.165, 1.54) is 33.4 Å². The molecule has 0 heterocycles. The molecule has 0 fully saturated rings. The Morgan fingerprint density at radius 2 is 1.36 bits per heavy atom. The molecular weight excluding hydrogens is 270 g/mol. The van der Waals surface area contributed by atoms with Crippen molar-refractivity contribution in [1.82, 2.24) is 0 Å². The van der Waals surface area contributed by atoms with E-state index in [2.05, 4.69) is 64.1 Å². The SMILES string of the molecule is Cc1cccc(C)c1COCC(CN)c1c(C)cccc1C. The second-order valence-corrected chi connectivity index (χ2v) is 6.12. The maximum Gasteiger partial charge on any atom is 0.0722 e. The van der Waals surface area contributed by atoms with E-state index in [1.807, 2.05) is 0 Å². The molecule has 22 heavy (non-hydrogen) atoms. The monoisotopic (exact) mass is 297 g/mol. The molecule has 0 radical (unpaired) electrons. The standard InChI is InChI=1S/C20H27NO/c1-14-7-5-8-15(2)19(14)13-22-12-18(11-21)20-16(3)9-6-10-17(20)4/h5-10,18H,11-13,21H2,1-4H3. The minimum atomic E-state index is 0.255. The predicted octanol–water partition coefficient (Wildman–Crippen LogP) is 4.18. The lowest BCUT2D eigenvalue weighted by atomic mass is 9.91. The number of aryl methyl sites for hydroxylation is 4. The van der Waals surface area contributed by atoms with Crippen molar-refractivity contribution in [3.63, 3.8) is 0 Å². The van der Waals surface area contributed by atoms with Crippen LogP contribution in [0.25, 0.3) is 0 Å². The van der Waals surface area contributed by atoms with Gasteiger partial charge in [-0.05, 0) is 61.1 Å². The van der Waals surface area contributed by atoms with E-state index in [9.17, 15) is 0 Å². The average molecular weight is 297 g/mol. The lowest BCUT2D eigenvalue weighted by Crippen LogP contribution is -2.20. The fourth-order valence-corrected chi connectivity index (χ4v) is 3.12. The summed E-state index contributed by atoms with van der Waals surface area (Å²) in [5.41, 5.74) is 13.8. The summed E-state index contributed by atoms with van der Waals surface area (Å²) in [7, 11) is 0. The number of ether oxygens (including phenoxy) is 1.